The second-order valence-electron chi connectivity index (χ2n) is 10.1. The molecular weight excluding hydrogens is 407 g/mol. The summed E-state index contributed by atoms with van der Waals surface area (Å²) in [5, 5.41) is 0. The molecular formula is C26H29FN2O3. The number of imide groups is 1. The summed E-state index contributed by atoms with van der Waals surface area (Å²) in [6, 6.07) is 12.2. The van der Waals surface area contributed by atoms with Crippen molar-refractivity contribution >= 4 is 23.4 Å². The number of benzene rings is 2. The Morgan fingerprint density at radius 1 is 1.00 bits per heavy atom. The zero-order valence-corrected chi connectivity index (χ0v) is 19.2. The molecule has 2 aliphatic rings. The van der Waals surface area contributed by atoms with Gasteiger partial charge in [-0.2, -0.15) is 0 Å². The summed E-state index contributed by atoms with van der Waals surface area (Å²) < 4.78 is 13.3. The van der Waals surface area contributed by atoms with Crippen LogP contribution in [0.4, 0.5) is 10.1 Å². The standard InChI is InChI=1S/C26H29FN2O3/c1-16-6-8-17(9-7-16)15-28(24(32)22-25(2,3)26(22,4)5)20-14-21(30)29(23(20)31)19-12-10-18(27)11-13-19/h6-13,20,22H,14-15H2,1-5H3. The number of amides is 3. The number of halogens is 1. The van der Waals surface area contributed by atoms with Gasteiger partial charge in [-0.25, -0.2) is 9.29 Å². The van der Waals surface area contributed by atoms with E-state index in [-0.39, 0.29) is 41.5 Å². The zero-order valence-electron chi connectivity index (χ0n) is 19.2. The molecule has 1 atom stereocenters. The maximum Gasteiger partial charge on any atom is 0.257 e. The van der Waals surface area contributed by atoms with E-state index in [1.54, 1.807) is 4.90 Å². The van der Waals surface area contributed by atoms with E-state index in [2.05, 4.69) is 27.7 Å². The molecule has 2 aromatic carbocycles. The molecule has 1 saturated carbocycles. The fourth-order valence-electron chi connectivity index (χ4n) is 4.93. The fraction of sp³-hybridized carbons (Fsp3) is 0.423. The second kappa shape index (κ2) is 7.54. The maximum atomic E-state index is 13.7. The molecule has 0 aromatic heterocycles. The molecule has 1 saturated heterocycles. The highest BCUT2D eigenvalue weighted by atomic mass is 19.1. The predicted octanol–water partition coefficient (Wildman–Crippen LogP) is 4.48. The van der Waals surface area contributed by atoms with Crippen molar-refractivity contribution in [2.24, 2.45) is 16.7 Å². The molecule has 2 aromatic rings. The quantitative estimate of drug-likeness (QED) is 0.650. The van der Waals surface area contributed by atoms with Gasteiger partial charge in [0, 0.05) is 12.5 Å². The van der Waals surface area contributed by atoms with Crippen LogP contribution in [0.15, 0.2) is 48.5 Å². The van der Waals surface area contributed by atoms with Gasteiger partial charge < -0.3 is 4.90 Å². The van der Waals surface area contributed by atoms with Crippen LogP contribution in [0.3, 0.4) is 0 Å². The smallest absolute Gasteiger partial charge is 0.257 e. The first kappa shape index (κ1) is 22.2. The molecule has 1 aliphatic carbocycles. The van der Waals surface area contributed by atoms with Crippen LogP contribution in [-0.4, -0.2) is 28.7 Å². The monoisotopic (exact) mass is 436 g/mol. The van der Waals surface area contributed by atoms with Crippen molar-refractivity contribution in [1.82, 2.24) is 4.90 Å². The van der Waals surface area contributed by atoms with E-state index in [9.17, 15) is 18.8 Å². The van der Waals surface area contributed by atoms with E-state index >= 15 is 0 Å². The van der Waals surface area contributed by atoms with Crippen molar-refractivity contribution < 1.29 is 18.8 Å². The van der Waals surface area contributed by atoms with Crippen molar-refractivity contribution in [3.8, 4) is 0 Å². The number of nitrogens with zero attached hydrogens (tertiary/aromatic N) is 2. The lowest BCUT2D eigenvalue weighted by molar-refractivity contribution is -0.141. The molecule has 1 aliphatic heterocycles. The van der Waals surface area contributed by atoms with E-state index in [4.69, 9.17) is 0 Å². The molecule has 32 heavy (non-hydrogen) atoms. The molecule has 1 unspecified atom stereocenters. The van der Waals surface area contributed by atoms with Gasteiger partial charge in [0.05, 0.1) is 12.1 Å². The molecule has 1 heterocycles. The lowest BCUT2D eigenvalue weighted by Gasteiger charge is -2.29. The Hall–Kier alpha value is -3.02. The van der Waals surface area contributed by atoms with Crippen LogP contribution in [0, 0.1) is 29.5 Å². The number of hydrogen-bond acceptors (Lipinski definition) is 3. The largest absolute Gasteiger partial charge is 0.325 e. The minimum Gasteiger partial charge on any atom is -0.325 e. The summed E-state index contributed by atoms with van der Waals surface area (Å²) in [4.78, 5) is 42.6. The number of hydrogen-bond donors (Lipinski definition) is 0. The normalized spacial score (nSPS) is 21.7. The maximum absolute atomic E-state index is 13.7. The zero-order chi connectivity index (χ0) is 23.4. The van der Waals surface area contributed by atoms with Crippen LogP contribution in [0.2, 0.25) is 0 Å². The highest BCUT2D eigenvalue weighted by Crippen LogP contribution is 2.69. The molecule has 168 valence electrons. The van der Waals surface area contributed by atoms with Gasteiger partial charge in [-0.05, 0) is 47.6 Å². The van der Waals surface area contributed by atoms with Gasteiger partial charge in [0.2, 0.25) is 11.8 Å². The third kappa shape index (κ3) is 3.51. The minimum atomic E-state index is -0.881. The van der Waals surface area contributed by atoms with Gasteiger partial charge in [-0.3, -0.25) is 14.4 Å². The van der Waals surface area contributed by atoms with Crippen molar-refractivity contribution in [2.75, 3.05) is 4.90 Å². The first-order valence-electron chi connectivity index (χ1n) is 10.9. The molecule has 0 spiro atoms. The van der Waals surface area contributed by atoms with E-state index in [1.165, 1.54) is 24.3 Å². The molecule has 2 fully saturated rings. The Morgan fingerprint density at radius 3 is 2.09 bits per heavy atom. The van der Waals surface area contributed by atoms with Crippen LogP contribution in [-0.2, 0) is 20.9 Å². The Bertz CT molecular complexity index is 1060. The summed E-state index contributed by atoms with van der Waals surface area (Å²) in [5.74, 6) is -1.62. The van der Waals surface area contributed by atoms with E-state index in [0.29, 0.717) is 5.69 Å². The number of carbonyl (C=O) groups excluding carboxylic acids is 3. The molecule has 3 amide bonds. The molecule has 0 radical (unpaired) electrons. The Morgan fingerprint density at radius 2 is 1.56 bits per heavy atom. The van der Waals surface area contributed by atoms with Gasteiger partial charge in [0.25, 0.3) is 5.91 Å². The van der Waals surface area contributed by atoms with Gasteiger partial charge >= 0.3 is 0 Å². The SMILES string of the molecule is Cc1ccc(CN(C(=O)C2C(C)(C)C2(C)C)C2CC(=O)N(c3ccc(F)cc3)C2=O)cc1. The predicted molar refractivity (Wildman–Crippen MR) is 120 cm³/mol. The van der Waals surface area contributed by atoms with Gasteiger partial charge in [0.15, 0.2) is 0 Å². The third-order valence-electron chi connectivity index (χ3n) is 7.61. The van der Waals surface area contributed by atoms with Crippen LogP contribution in [0.25, 0.3) is 0 Å². The number of anilines is 1. The van der Waals surface area contributed by atoms with Gasteiger partial charge in [0.1, 0.15) is 11.9 Å². The van der Waals surface area contributed by atoms with Crippen molar-refractivity contribution in [3.63, 3.8) is 0 Å². The third-order valence-corrected chi connectivity index (χ3v) is 7.61. The van der Waals surface area contributed by atoms with Crippen LogP contribution in [0.5, 0.6) is 0 Å². The summed E-state index contributed by atoms with van der Waals surface area (Å²) >= 11 is 0. The van der Waals surface area contributed by atoms with Gasteiger partial charge in [-0.15, -0.1) is 0 Å². The van der Waals surface area contributed by atoms with Crippen LogP contribution < -0.4 is 4.90 Å². The molecule has 4 rings (SSSR count). The lowest BCUT2D eigenvalue weighted by atomic mass is 10.0. The number of rotatable bonds is 5. The van der Waals surface area contributed by atoms with E-state index in [1.807, 2.05) is 31.2 Å². The van der Waals surface area contributed by atoms with E-state index in [0.717, 1.165) is 16.0 Å². The molecule has 6 heteroatoms. The van der Waals surface area contributed by atoms with Crippen molar-refractivity contribution in [1.29, 1.82) is 0 Å². The summed E-state index contributed by atoms with van der Waals surface area (Å²) in [6.07, 6.45) is -0.0820. The second-order valence-corrected chi connectivity index (χ2v) is 10.1. The summed E-state index contributed by atoms with van der Waals surface area (Å²) in [7, 11) is 0. The highest BCUT2D eigenvalue weighted by molar-refractivity contribution is 6.23. The highest BCUT2D eigenvalue weighted by Gasteiger charge is 2.69. The number of aryl methyl sites for hydroxylation is 1. The molecule has 0 bridgehead atoms. The molecule has 5 nitrogen and oxygen atoms in total. The Kier molecular flexibility index (Phi) is 5.23. The fourth-order valence-corrected chi connectivity index (χ4v) is 4.93. The van der Waals surface area contributed by atoms with Crippen LogP contribution in [0.1, 0.15) is 45.2 Å². The lowest BCUT2D eigenvalue weighted by Crippen LogP contribution is -2.46. The molecule has 0 N–H and O–H groups in total. The first-order chi connectivity index (χ1) is 14.9. The topological polar surface area (TPSA) is 57.7 Å². The minimum absolute atomic E-state index is 0.0820. The average molecular weight is 437 g/mol. The Labute approximate surface area is 188 Å². The first-order valence-corrected chi connectivity index (χ1v) is 10.9. The Balaban J connectivity index is 1.67. The number of carbonyl (C=O) groups is 3. The van der Waals surface area contributed by atoms with Crippen molar-refractivity contribution in [2.45, 2.75) is 53.6 Å². The van der Waals surface area contributed by atoms with Gasteiger partial charge in [-0.1, -0.05) is 57.5 Å². The average Bonchev–Trinajstić information content (AvgIpc) is 2.96. The van der Waals surface area contributed by atoms with Crippen LogP contribution >= 0.6 is 0 Å². The van der Waals surface area contributed by atoms with E-state index < -0.39 is 17.8 Å². The summed E-state index contributed by atoms with van der Waals surface area (Å²) in [6.45, 7) is 10.5. The summed E-state index contributed by atoms with van der Waals surface area (Å²) in [5.41, 5.74) is 1.93. The van der Waals surface area contributed by atoms with Crippen molar-refractivity contribution in [3.05, 3.63) is 65.5 Å².